The van der Waals surface area contributed by atoms with Gasteiger partial charge in [0.25, 0.3) is 5.56 Å². The first kappa shape index (κ1) is 16.4. The molecule has 0 spiro atoms. The zero-order chi connectivity index (χ0) is 17.8. The second kappa shape index (κ2) is 5.54. The number of benzene rings is 1. The Hall–Kier alpha value is -2.51. The predicted molar refractivity (Wildman–Crippen MR) is 92.7 cm³/mol. The number of nitrogen functional groups attached to an aromatic ring is 1. The van der Waals surface area contributed by atoms with Crippen molar-refractivity contribution in [3.63, 3.8) is 0 Å². The number of nitrogens with two attached hydrogens (primary N) is 1. The van der Waals surface area contributed by atoms with Crippen LogP contribution in [0.2, 0.25) is 0 Å². The van der Waals surface area contributed by atoms with E-state index in [2.05, 4.69) is 10.3 Å². The molecule has 7 nitrogen and oxygen atoms in total. The van der Waals surface area contributed by atoms with Crippen LogP contribution in [0.3, 0.4) is 0 Å². The Kier molecular flexibility index (Phi) is 3.78. The van der Waals surface area contributed by atoms with Crippen LogP contribution in [0, 0.1) is 6.92 Å². The van der Waals surface area contributed by atoms with E-state index in [1.807, 2.05) is 0 Å². The summed E-state index contributed by atoms with van der Waals surface area (Å²) in [5.74, 6) is -0.679. The molecule has 3 N–H and O–H groups in total. The van der Waals surface area contributed by atoms with Crippen molar-refractivity contribution in [2.75, 3.05) is 5.73 Å². The number of rotatable bonds is 1. The molecule has 1 fully saturated rings. The zero-order valence-corrected chi connectivity index (χ0v) is 12.9. The zero-order valence-electron chi connectivity index (χ0n) is 12.9. The summed E-state index contributed by atoms with van der Waals surface area (Å²) < 4.78 is 1.20. The van der Waals surface area contributed by atoms with Crippen molar-refractivity contribution in [2.24, 2.45) is 0 Å². The average Bonchev–Trinajstić information content (AvgIpc) is 2.52. The van der Waals surface area contributed by atoms with Crippen molar-refractivity contribution in [1.82, 2.24) is 14.9 Å². The maximum absolute atomic E-state index is 12.9. The lowest BCUT2D eigenvalue weighted by Crippen LogP contribution is -2.47. The minimum atomic E-state index is -0.855. The molecule has 24 heavy (non-hydrogen) atoms. The van der Waals surface area contributed by atoms with Gasteiger partial charge in [0.15, 0.2) is 0 Å². The fraction of sp³-hybridized carbons (Fsp3) is 0.286. The van der Waals surface area contributed by atoms with E-state index < -0.39 is 17.5 Å². The maximum Gasteiger partial charge on any atom is 0.264 e. The molecule has 2 heterocycles. The minimum Gasteiger partial charge on any atom is -0.399 e. The number of nitrogens with one attached hydrogen (secondary N) is 1. The third-order valence-electron chi connectivity index (χ3n) is 4.21. The van der Waals surface area contributed by atoms with Crippen LogP contribution in [0.5, 0.6) is 0 Å². The third-order valence-corrected chi connectivity index (χ3v) is 4.21. The van der Waals surface area contributed by atoms with Gasteiger partial charge in [0.05, 0.1) is 10.9 Å². The molecule has 1 unspecified atom stereocenters. The standard InChI is InChI=1S/C14H11B3N4O3/c1-4-19-12-7(11(18)9(16)8(15)10(12)17)14(24)21(4)5-2-3-6(22)20-13(5)23/h5H,2-3,18H2,1H3,(H,20,22,23). The van der Waals surface area contributed by atoms with Gasteiger partial charge < -0.3 is 5.73 Å². The maximum atomic E-state index is 12.9. The minimum absolute atomic E-state index is 0.00224. The number of nitrogens with zero attached hydrogens (tertiary/aromatic N) is 2. The molecule has 2 amide bonds. The van der Waals surface area contributed by atoms with Crippen molar-refractivity contribution < 1.29 is 9.59 Å². The number of anilines is 1. The predicted octanol–water partition coefficient (Wildman–Crippen LogP) is -3.35. The highest BCUT2D eigenvalue weighted by atomic mass is 16.2. The van der Waals surface area contributed by atoms with Crippen LogP contribution in [0.1, 0.15) is 24.7 Å². The number of imide groups is 1. The highest BCUT2D eigenvalue weighted by Crippen LogP contribution is 2.20. The Morgan fingerprint density at radius 3 is 2.46 bits per heavy atom. The summed E-state index contributed by atoms with van der Waals surface area (Å²) in [5.41, 5.74) is 5.60. The Morgan fingerprint density at radius 2 is 1.83 bits per heavy atom. The van der Waals surface area contributed by atoms with Crippen LogP contribution < -0.4 is 33.0 Å². The summed E-state index contributed by atoms with van der Waals surface area (Å²) in [6.07, 6.45) is 0.320. The fourth-order valence-electron chi connectivity index (χ4n) is 2.93. The molecule has 114 valence electrons. The van der Waals surface area contributed by atoms with Crippen LogP contribution in [-0.4, -0.2) is 44.9 Å². The van der Waals surface area contributed by atoms with Crippen molar-refractivity contribution in [1.29, 1.82) is 0 Å². The molecule has 1 saturated heterocycles. The van der Waals surface area contributed by atoms with Gasteiger partial charge in [-0.05, 0) is 13.3 Å². The Balaban J connectivity index is 2.34. The monoisotopic (exact) mass is 316 g/mol. The van der Waals surface area contributed by atoms with Crippen LogP contribution in [0.4, 0.5) is 5.69 Å². The first-order valence-electron chi connectivity index (χ1n) is 7.22. The normalized spacial score (nSPS) is 18.0. The summed E-state index contributed by atoms with van der Waals surface area (Å²) in [6.45, 7) is 1.56. The molecule has 1 aliphatic heterocycles. The first-order valence-corrected chi connectivity index (χ1v) is 7.22. The van der Waals surface area contributed by atoms with Gasteiger partial charge in [-0.1, -0.05) is 10.9 Å². The van der Waals surface area contributed by atoms with Crippen LogP contribution in [0.15, 0.2) is 4.79 Å². The van der Waals surface area contributed by atoms with Gasteiger partial charge in [0, 0.05) is 12.1 Å². The largest absolute Gasteiger partial charge is 0.399 e. The Labute approximate surface area is 141 Å². The van der Waals surface area contributed by atoms with Gasteiger partial charge in [0.2, 0.25) is 11.8 Å². The summed E-state index contributed by atoms with van der Waals surface area (Å²) >= 11 is 0. The van der Waals surface area contributed by atoms with E-state index in [9.17, 15) is 14.4 Å². The van der Waals surface area contributed by atoms with E-state index in [-0.39, 0.29) is 57.6 Å². The number of hydrogen-bond acceptors (Lipinski definition) is 5. The number of piperidine rings is 1. The van der Waals surface area contributed by atoms with E-state index in [4.69, 9.17) is 29.3 Å². The number of aromatic nitrogens is 2. The fourth-order valence-corrected chi connectivity index (χ4v) is 2.93. The SMILES string of the molecule is [B]c1c([B])c(N)c2c(=O)n(C3CCC(=O)NC3=O)c(C)nc2c1[B]. The molecule has 0 saturated carbocycles. The summed E-state index contributed by atoms with van der Waals surface area (Å²) in [4.78, 5) is 40.6. The smallest absolute Gasteiger partial charge is 0.264 e. The average molecular weight is 316 g/mol. The van der Waals surface area contributed by atoms with E-state index in [0.717, 1.165) is 0 Å². The van der Waals surface area contributed by atoms with Crippen LogP contribution in [-0.2, 0) is 9.59 Å². The lowest BCUT2D eigenvalue weighted by molar-refractivity contribution is -0.135. The van der Waals surface area contributed by atoms with E-state index in [1.165, 1.54) is 4.57 Å². The van der Waals surface area contributed by atoms with Crippen molar-refractivity contribution >= 4 is 68.3 Å². The number of aryl methyl sites for hydroxylation is 1. The molecule has 1 aliphatic rings. The van der Waals surface area contributed by atoms with Crippen molar-refractivity contribution in [2.45, 2.75) is 25.8 Å². The number of amides is 2. The van der Waals surface area contributed by atoms with E-state index >= 15 is 0 Å². The second-order valence-electron chi connectivity index (χ2n) is 5.68. The molecule has 2 aromatic rings. The number of carbonyl (C=O) groups excluding carboxylic acids is 2. The van der Waals surface area contributed by atoms with Gasteiger partial charge in [-0.3, -0.25) is 24.3 Å². The number of hydrogen-bond donors (Lipinski definition) is 2. The highest BCUT2D eigenvalue weighted by Gasteiger charge is 2.31. The Morgan fingerprint density at radius 1 is 1.17 bits per heavy atom. The van der Waals surface area contributed by atoms with Gasteiger partial charge in [-0.25, -0.2) is 4.98 Å². The third kappa shape index (κ3) is 2.25. The quantitative estimate of drug-likeness (QED) is 0.325. The number of carbonyl (C=O) groups is 2. The molecular formula is C14H11B3N4O3. The molecule has 6 radical (unpaired) electrons. The summed E-state index contributed by atoms with van der Waals surface area (Å²) in [5, 5.41) is 2.22. The van der Waals surface area contributed by atoms with Crippen molar-refractivity contribution in [3.05, 3.63) is 16.2 Å². The first-order chi connectivity index (χ1) is 11.2. The molecule has 0 bridgehead atoms. The topological polar surface area (TPSA) is 107 Å². The van der Waals surface area contributed by atoms with Crippen LogP contribution >= 0.6 is 0 Å². The van der Waals surface area contributed by atoms with Gasteiger partial charge in [0.1, 0.15) is 35.4 Å². The lowest BCUT2D eigenvalue weighted by atomic mass is 9.70. The molecule has 0 aliphatic carbocycles. The lowest BCUT2D eigenvalue weighted by Gasteiger charge is -2.25. The van der Waals surface area contributed by atoms with E-state index in [0.29, 0.717) is 0 Å². The van der Waals surface area contributed by atoms with Gasteiger partial charge >= 0.3 is 0 Å². The molecular weight excluding hydrogens is 305 g/mol. The van der Waals surface area contributed by atoms with Gasteiger partial charge in [-0.15, -0.1) is 5.46 Å². The molecule has 3 rings (SSSR count). The van der Waals surface area contributed by atoms with Gasteiger partial charge in [-0.2, -0.15) is 0 Å². The van der Waals surface area contributed by atoms with Crippen LogP contribution in [0.25, 0.3) is 10.9 Å². The molecule has 1 aromatic carbocycles. The summed E-state index contributed by atoms with van der Waals surface area (Å²) in [7, 11) is 17.5. The van der Waals surface area contributed by atoms with Crippen molar-refractivity contribution in [3.8, 4) is 0 Å². The highest BCUT2D eigenvalue weighted by molar-refractivity contribution is 6.61. The molecule has 1 aromatic heterocycles. The number of fused-ring (bicyclic) bond motifs is 1. The molecule has 10 heteroatoms. The molecule has 1 atom stereocenters. The summed E-state index contributed by atoms with van der Waals surface area (Å²) in [6, 6.07) is -0.855. The Bertz CT molecular complexity index is 970. The second-order valence-corrected chi connectivity index (χ2v) is 5.68. The van der Waals surface area contributed by atoms with E-state index in [1.54, 1.807) is 6.92 Å².